The Labute approximate surface area is 204 Å². The van der Waals surface area contributed by atoms with E-state index in [2.05, 4.69) is 25.3 Å². The maximum atomic E-state index is 12.8. The fraction of sp³-hybridized carbons (Fsp3) is 0.348. The first-order valence-electron chi connectivity index (χ1n) is 11.0. The number of allylic oxidation sites excluding steroid dienone is 1. The van der Waals surface area contributed by atoms with Crippen LogP contribution in [-0.2, 0) is 22.6 Å². The number of aromatic amines is 1. The first-order valence-corrected chi connectivity index (χ1v) is 11.0. The molecule has 3 rings (SSSR count). The summed E-state index contributed by atoms with van der Waals surface area (Å²) in [6, 6.07) is 3.03. The fourth-order valence-electron chi connectivity index (χ4n) is 3.19. The van der Waals surface area contributed by atoms with Gasteiger partial charge in [-0.25, -0.2) is 15.0 Å². The molecule has 3 aromatic heterocycles. The molecule has 191 valence electrons. The minimum atomic E-state index is -4.33. The van der Waals surface area contributed by atoms with Crippen molar-refractivity contribution in [3.05, 3.63) is 65.1 Å². The van der Waals surface area contributed by atoms with Gasteiger partial charge in [0.05, 0.1) is 18.7 Å². The molecule has 2 N–H and O–H groups in total. The zero-order chi connectivity index (χ0) is 26.3. The van der Waals surface area contributed by atoms with Gasteiger partial charge in [-0.05, 0) is 31.1 Å². The Balaban J connectivity index is 1.63. The van der Waals surface area contributed by atoms with Crippen molar-refractivity contribution in [2.75, 3.05) is 19.4 Å². The van der Waals surface area contributed by atoms with Crippen molar-refractivity contribution < 1.29 is 22.8 Å². The maximum Gasteiger partial charge on any atom is 0.389 e. The van der Waals surface area contributed by atoms with E-state index in [1.54, 1.807) is 26.2 Å². The van der Waals surface area contributed by atoms with Gasteiger partial charge in [0.15, 0.2) is 5.65 Å². The van der Waals surface area contributed by atoms with Gasteiger partial charge in [-0.15, -0.1) is 0 Å². The fourth-order valence-corrected chi connectivity index (χ4v) is 3.19. The molecule has 1 radical (unpaired) electrons. The number of pyridine rings is 1. The molecule has 3 aromatic rings. The third-order valence-corrected chi connectivity index (χ3v) is 5.02. The van der Waals surface area contributed by atoms with Crippen LogP contribution < -0.4 is 10.9 Å². The zero-order valence-corrected chi connectivity index (χ0v) is 19.7. The van der Waals surface area contributed by atoms with Gasteiger partial charge in [0.2, 0.25) is 11.8 Å². The average Bonchev–Trinajstić information content (AvgIpc) is 3.22. The highest BCUT2D eigenvalue weighted by Gasteiger charge is 2.27. The van der Waals surface area contributed by atoms with Crippen molar-refractivity contribution in [2.24, 2.45) is 0 Å². The predicted molar refractivity (Wildman–Crippen MR) is 126 cm³/mol. The van der Waals surface area contributed by atoms with Gasteiger partial charge in [0.1, 0.15) is 23.4 Å². The summed E-state index contributed by atoms with van der Waals surface area (Å²) in [4.78, 5) is 53.0. The van der Waals surface area contributed by atoms with E-state index in [1.807, 2.05) is 0 Å². The number of alkyl halides is 3. The Morgan fingerprint density at radius 1 is 1.22 bits per heavy atom. The van der Waals surface area contributed by atoms with Crippen LogP contribution in [0.15, 0.2) is 41.6 Å². The second-order valence-electron chi connectivity index (χ2n) is 8.08. The topological polar surface area (TPSA) is 126 Å². The SMILES string of the molecule is CN(C)C(=O)/C=C/CC[CH]C(=O)Nc1cccn(Cc2nc3c(CCC(F)(F)F)ncnc3[nH]2)c1=O. The van der Waals surface area contributed by atoms with Crippen LogP contribution in [0.3, 0.4) is 0 Å². The number of carbonyl (C=O) groups excluding carboxylic acids is 2. The lowest BCUT2D eigenvalue weighted by molar-refractivity contribution is -0.134. The number of carbonyl (C=O) groups is 2. The van der Waals surface area contributed by atoms with Crippen LogP contribution in [0.2, 0.25) is 0 Å². The second-order valence-corrected chi connectivity index (χ2v) is 8.08. The number of aryl methyl sites for hydroxylation is 1. The highest BCUT2D eigenvalue weighted by Crippen LogP contribution is 2.23. The number of aromatic nitrogens is 5. The largest absolute Gasteiger partial charge is 0.389 e. The molecule has 10 nitrogen and oxygen atoms in total. The van der Waals surface area contributed by atoms with Gasteiger partial charge < -0.3 is 19.8 Å². The molecule has 0 bridgehead atoms. The monoisotopic (exact) mass is 504 g/mol. The highest BCUT2D eigenvalue weighted by molar-refractivity contribution is 5.96. The number of fused-ring (bicyclic) bond motifs is 1. The standard InChI is InChI=1S/C23H25F3N7O3/c1-32(2)19(35)9-5-3-4-8-18(34)29-16-7-6-12-33(22(16)36)13-17-30-20-15(10-11-23(24,25)26)27-14-28-21(20)31-17/h5-9,12,14H,3-4,10-11,13H2,1-2H3,(H,29,34)(H,27,28,30,31)/b9-5+. The minimum absolute atomic E-state index is 0.0218. The zero-order valence-electron chi connectivity index (χ0n) is 19.7. The number of halogens is 3. The second kappa shape index (κ2) is 11.6. The van der Waals surface area contributed by atoms with Gasteiger partial charge in [0, 0.05) is 33.1 Å². The summed E-state index contributed by atoms with van der Waals surface area (Å²) in [7, 11) is 3.27. The van der Waals surface area contributed by atoms with Crippen molar-refractivity contribution in [3.8, 4) is 0 Å². The van der Waals surface area contributed by atoms with Gasteiger partial charge in [-0.1, -0.05) is 6.08 Å². The first-order chi connectivity index (χ1) is 17.0. The van der Waals surface area contributed by atoms with E-state index in [-0.39, 0.29) is 41.4 Å². The van der Waals surface area contributed by atoms with Crippen LogP contribution in [0.5, 0.6) is 0 Å². The van der Waals surface area contributed by atoms with Gasteiger partial charge in [-0.3, -0.25) is 14.4 Å². The molecule has 0 aliphatic carbocycles. The number of anilines is 1. The Hall–Kier alpha value is -4.03. The summed E-state index contributed by atoms with van der Waals surface area (Å²) in [6.45, 7) is -0.0218. The predicted octanol–water partition coefficient (Wildman–Crippen LogP) is 2.63. The summed E-state index contributed by atoms with van der Waals surface area (Å²) in [5.74, 6) is -0.321. The number of hydrogen-bond donors (Lipinski definition) is 2. The molecule has 0 unspecified atom stereocenters. The third-order valence-electron chi connectivity index (χ3n) is 5.02. The van der Waals surface area contributed by atoms with E-state index in [0.29, 0.717) is 18.7 Å². The molecule has 0 atom stereocenters. The van der Waals surface area contributed by atoms with Crippen molar-refractivity contribution in [3.63, 3.8) is 0 Å². The number of amides is 2. The van der Waals surface area contributed by atoms with Crippen molar-refractivity contribution in [1.82, 2.24) is 29.4 Å². The number of hydrogen-bond acceptors (Lipinski definition) is 6. The van der Waals surface area contributed by atoms with Gasteiger partial charge in [-0.2, -0.15) is 13.2 Å². The van der Waals surface area contributed by atoms with Crippen molar-refractivity contribution in [2.45, 2.75) is 38.4 Å². The number of nitrogens with zero attached hydrogens (tertiary/aromatic N) is 5. The van der Waals surface area contributed by atoms with E-state index in [1.165, 1.54) is 34.2 Å². The number of unbranched alkanes of at least 4 members (excludes halogenated alkanes) is 1. The number of likely N-dealkylation sites (N-methyl/N-ethyl adjacent to an activating group) is 1. The minimum Gasteiger partial charge on any atom is -0.345 e. The quantitative estimate of drug-likeness (QED) is 0.323. The normalized spacial score (nSPS) is 11.8. The molecule has 36 heavy (non-hydrogen) atoms. The van der Waals surface area contributed by atoms with Gasteiger partial charge in [0.25, 0.3) is 5.56 Å². The molecule has 3 heterocycles. The number of imidazole rings is 1. The van der Waals surface area contributed by atoms with Crippen LogP contribution >= 0.6 is 0 Å². The summed E-state index contributed by atoms with van der Waals surface area (Å²) < 4.78 is 39.1. The molecule has 0 aliphatic rings. The number of H-pyrrole nitrogens is 1. The van der Waals surface area contributed by atoms with E-state index in [9.17, 15) is 27.6 Å². The lowest BCUT2D eigenvalue weighted by Gasteiger charge is -2.08. The summed E-state index contributed by atoms with van der Waals surface area (Å²) in [5.41, 5.74) is 0.207. The molecular weight excluding hydrogens is 479 g/mol. The van der Waals surface area contributed by atoms with Crippen molar-refractivity contribution >= 4 is 28.7 Å². The summed E-state index contributed by atoms with van der Waals surface area (Å²) in [5, 5.41) is 2.53. The number of rotatable bonds is 10. The van der Waals surface area contributed by atoms with E-state index < -0.39 is 24.1 Å². The lowest BCUT2D eigenvalue weighted by atomic mass is 10.2. The van der Waals surface area contributed by atoms with E-state index in [4.69, 9.17) is 0 Å². The van der Waals surface area contributed by atoms with Gasteiger partial charge >= 0.3 is 6.18 Å². The Morgan fingerprint density at radius 3 is 2.72 bits per heavy atom. The maximum absolute atomic E-state index is 12.8. The van der Waals surface area contributed by atoms with Crippen LogP contribution in [-0.4, -0.2) is 61.5 Å². The first kappa shape index (κ1) is 26.6. The molecule has 0 spiro atoms. The molecular formula is C23H25F3N7O3. The molecule has 2 amide bonds. The molecule has 0 aliphatic heterocycles. The molecule has 0 saturated heterocycles. The third kappa shape index (κ3) is 7.48. The van der Waals surface area contributed by atoms with Crippen LogP contribution in [0.4, 0.5) is 18.9 Å². The van der Waals surface area contributed by atoms with E-state index in [0.717, 1.165) is 6.33 Å². The Kier molecular flexibility index (Phi) is 8.56. The smallest absolute Gasteiger partial charge is 0.345 e. The molecule has 0 fully saturated rings. The van der Waals surface area contributed by atoms with Crippen LogP contribution in [0, 0.1) is 6.42 Å². The Morgan fingerprint density at radius 2 is 2.00 bits per heavy atom. The van der Waals surface area contributed by atoms with E-state index >= 15 is 0 Å². The Bertz CT molecular complexity index is 1310. The number of nitrogens with one attached hydrogen (secondary N) is 2. The average molecular weight is 504 g/mol. The molecule has 0 saturated carbocycles. The lowest BCUT2D eigenvalue weighted by Crippen LogP contribution is -2.26. The van der Waals surface area contributed by atoms with Crippen LogP contribution in [0.25, 0.3) is 11.2 Å². The van der Waals surface area contributed by atoms with Crippen molar-refractivity contribution in [1.29, 1.82) is 0 Å². The summed E-state index contributed by atoms with van der Waals surface area (Å²) >= 11 is 0. The van der Waals surface area contributed by atoms with Crippen LogP contribution in [0.1, 0.15) is 30.8 Å². The highest BCUT2D eigenvalue weighted by atomic mass is 19.4. The summed E-state index contributed by atoms with van der Waals surface area (Å²) in [6.07, 6.45) is 2.26. The molecule has 0 aromatic carbocycles. The molecule has 13 heteroatoms.